The molecule has 0 bridgehead atoms. The maximum absolute atomic E-state index is 14.7. The maximum atomic E-state index is 14.7. The first-order valence-corrected chi connectivity index (χ1v) is 23.0. The van der Waals surface area contributed by atoms with Crippen LogP contribution in [0.1, 0.15) is 127 Å². The number of aliphatic hydroxyl groups is 1. The van der Waals surface area contributed by atoms with Crippen LogP contribution >= 0.6 is 0 Å². The molecule has 2 amide bonds. The van der Waals surface area contributed by atoms with Crippen LogP contribution in [-0.4, -0.2) is 36.1 Å². The van der Waals surface area contributed by atoms with Crippen LogP contribution in [0, 0.1) is 56.7 Å². The van der Waals surface area contributed by atoms with Crippen LogP contribution in [0.4, 0.5) is 0 Å². The highest BCUT2D eigenvalue weighted by Gasteiger charge is 2.71. The Morgan fingerprint density at radius 1 is 0.700 bits per heavy atom. The molecule has 0 aromatic heterocycles. The van der Waals surface area contributed by atoms with Gasteiger partial charge in [0.2, 0.25) is 5.91 Å². The largest absolute Gasteiger partial charge is 0.489 e. The molecule has 7 nitrogen and oxygen atoms in total. The molecule has 10 atom stereocenters. The molecular weight excluding hydrogens is 745 g/mol. The van der Waals surface area contributed by atoms with E-state index in [1.165, 1.54) is 24.8 Å². The van der Waals surface area contributed by atoms with Crippen LogP contribution in [0.25, 0.3) is 0 Å². The second-order valence-electron chi connectivity index (χ2n) is 21.0. The number of carbonyl (C=O) groups is 2. The van der Waals surface area contributed by atoms with Crippen LogP contribution in [-0.2, 0) is 18.0 Å². The molecule has 8 rings (SSSR count). The van der Waals surface area contributed by atoms with E-state index in [0.29, 0.717) is 67.0 Å². The number of carbonyl (C=O) groups excluding carboxylic acids is 2. The summed E-state index contributed by atoms with van der Waals surface area (Å²) in [6.07, 6.45) is 10.4. The van der Waals surface area contributed by atoms with E-state index >= 15 is 0 Å². The van der Waals surface area contributed by atoms with Crippen molar-refractivity contribution in [2.24, 2.45) is 56.7 Å². The second-order valence-corrected chi connectivity index (χ2v) is 21.0. The van der Waals surface area contributed by atoms with Crippen LogP contribution in [0.5, 0.6) is 11.5 Å². The third-order valence-corrected chi connectivity index (χ3v) is 17.8. The normalized spacial score (nSPS) is 35.1. The van der Waals surface area contributed by atoms with E-state index in [4.69, 9.17) is 9.47 Å². The molecule has 0 saturated heterocycles. The monoisotopic (exact) mass is 815 g/mol. The Balaban J connectivity index is 0.949. The zero-order valence-electron chi connectivity index (χ0n) is 37.2. The summed E-state index contributed by atoms with van der Waals surface area (Å²) in [7, 11) is 0. The van der Waals surface area contributed by atoms with Gasteiger partial charge in [-0.2, -0.15) is 0 Å². The number of allylic oxidation sites excluding steroid dienone is 1. The summed E-state index contributed by atoms with van der Waals surface area (Å²) < 4.78 is 12.3. The van der Waals surface area contributed by atoms with E-state index in [2.05, 4.69) is 58.8 Å². The van der Waals surface area contributed by atoms with E-state index in [0.717, 1.165) is 56.1 Å². The zero-order chi connectivity index (χ0) is 42.5. The van der Waals surface area contributed by atoms with Crippen LogP contribution < -0.4 is 20.1 Å². The van der Waals surface area contributed by atoms with Crippen molar-refractivity contribution >= 4 is 11.8 Å². The van der Waals surface area contributed by atoms with E-state index in [-0.39, 0.29) is 45.5 Å². The summed E-state index contributed by atoms with van der Waals surface area (Å²) in [4.78, 5) is 28.4. The predicted octanol–water partition coefficient (Wildman–Crippen LogP) is 10.7. The molecule has 5 fully saturated rings. The number of nitrogens with one attached hydrogen (secondary N) is 2. The van der Waals surface area contributed by atoms with Gasteiger partial charge in [0.1, 0.15) is 24.7 Å². The lowest BCUT2D eigenvalue weighted by Crippen LogP contribution is -2.67. The third-order valence-electron chi connectivity index (χ3n) is 17.8. The molecule has 5 saturated carbocycles. The number of aliphatic hydroxyl groups excluding tert-OH is 1. The summed E-state index contributed by atoms with van der Waals surface area (Å²) in [5.41, 5.74) is 3.78. The molecule has 7 heteroatoms. The molecule has 0 radical (unpaired) electrons. The van der Waals surface area contributed by atoms with Crippen LogP contribution in [0.2, 0.25) is 0 Å². The Bertz CT molecular complexity index is 1990. The molecule has 322 valence electrons. The number of hydrogen-bond donors (Lipinski definition) is 3. The number of benzene rings is 3. The Labute approximate surface area is 359 Å². The van der Waals surface area contributed by atoms with Crippen molar-refractivity contribution in [1.82, 2.24) is 10.6 Å². The first-order valence-electron chi connectivity index (χ1n) is 23.0. The summed E-state index contributed by atoms with van der Waals surface area (Å²) in [5, 5.41) is 17.6. The van der Waals surface area contributed by atoms with Crippen molar-refractivity contribution in [3.05, 3.63) is 108 Å². The lowest BCUT2D eigenvalue weighted by Gasteiger charge is -2.72. The van der Waals surface area contributed by atoms with Gasteiger partial charge in [-0.15, -0.1) is 0 Å². The quantitative estimate of drug-likeness (QED) is 0.125. The van der Waals surface area contributed by atoms with Gasteiger partial charge in [0.05, 0.1) is 11.5 Å². The smallest absolute Gasteiger partial charge is 0.251 e. The van der Waals surface area contributed by atoms with Gasteiger partial charge in [0.25, 0.3) is 5.91 Å². The van der Waals surface area contributed by atoms with Crippen LogP contribution in [0.15, 0.2) is 91.0 Å². The Morgan fingerprint density at radius 2 is 1.32 bits per heavy atom. The number of amides is 2. The topological polar surface area (TPSA) is 96.9 Å². The van der Waals surface area contributed by atoms with E-state index in [1.807, 2.05) is 66.7 Å². The lowest BCUT2D eigenvalue weighted by atomic mass is 9.32. The molecule has 60 heavy (non-hydrogen) atoms. The van der Waals surface area contributed by atoms with Gasteiger partial charge in [-0.05, 0) is 146 Å². The molecule has 0 aliphatic heterocycles. The van der Waals surface area contributed by atoms with Gasteiger partial charge in [0.15, 0.2) is 0 Å². The van der Waals surface area contributed by atoms with Crippen molar-refractivity contribution in [2.75, 3.05) is 13.1 Å². The summed E-state index contributed by atoms with van der Waals surface area (Å²) >= 11 is 0. The Kier molecular flexibility index (Phi) is 11.6. The minimum Gasteiger partial charge on any atom is -0.489 e. The minimum absolute atomic E-state index is 0.0668. The van der Waals surface area contributed by atoms with Crippen molar-refractivity contribution in [2.45, 2.75) is 125 Å². The highest BCUT2D eigenvalue weighted by molar-refractivity contribution is 5.95. The van der Waals surface area contributed by atoms with Gasteiger partial charge < -0.3 is 25.2 Å². The van der Waals surface area contributed by atoms with Gasteiger partial charge in [0, 0.05) is 24.7 Å². The number of hydrogen-bond acceptors (Lipinski definition) is 5. The van der Waals surface area contributed by atoms with Crippen molar-refractivity contribution in [1.29, 1.82) is 0 Å². The standard InChI is InChI=1S/C53H70N2O5/c1-35(2)41-20-25-53(27-26-51(6)42(46(41)53)18-19-44-50(5)23-22-45(56)49(3,4)43(50)21-24-52(44,51)7)48(58)55-29-28-54-47(57)38-30-39(59-33-36-14-10-8-11-15-36)32-40(31-38)60-34-37-16-12-9-13-17-37/h8-17,30-32,41-46,56H,1,18-29,33-34H2,2-7H3,(H,54,57)(H,55,58)/t41-,42+,43-,44+,45-,46+,50-,51+,52+,53-/m0/s1. The third kappa shape index (κ3) is 7.28. The molecule has 3 N–H and O–H groups in total. The van der Waals surface area contributed by atoms with E-state index < -0.39 is 5.41 Å². The second kappa shape index (κ2) is 16.3. The molecule has 3 aromatic rings. The van der Waals surface area contributed by atoms with Crippen molar-refractivity contribution in [3.63, 3.8) is 0 Å². The molecular formula is C53H70N2O5. The highest BCUT2D eigenvalue weighted by Crippen LogP contribution is 2.77. The van der Waals surface area contributed by atoms with E-state index in [1.54, 1.807) is 12.1 Å². The number of rotatable bonds is 12. The average Bonchev–Trinajstić information content (AvgIpc) is 3.65. The minimum atomic E-state index is -0.422. The average molecular weight is 815 g/mol. The zero-order valence-corrected chi connectivity index (χ0v) is 37.2. The Hall–Kier alpha value is -4.10. The molecule has 0 heterocycles. The van der Waals surface area contributed by atoms with Crippen molar-refractivity contribution < 1.29 is 24.2 Å². The van der Waals surface area contributed by atoms with Gasteiger partial charge >= 0.3 is 0 Å². The van der Waals surface area contributed by atoms with E-state index in [9.17, 15) is 14.7 Å². The first kappa shape index (κ1) is 42.6. The SMILES string of the molecule is C=C(C)[C@@H]1CC[C@]2(C(=O)NCCNC(=O)c3cc(OCc4ccccc4)cc(OCc4ccccc4)c3)CC[C@]3(C)[C@H](CC[C@@H]4[C@@]5(C)CC[C@H](O)C(C)(C)[C@@H]5CC[C@]43C)[C@@H]12. The highest BCUT2D eigenvalue weighted by atomic mass is 16.5. The van der Waals surface area contributed by atoms with Gasteiger partial charge in [-0.3, -0.25) is 9.59 Å². The summed E-state index contributed by atoms with van der Waals surface area (Å²) in [6.45, 7) is 20.6. The van der Waals surface area contributed by atoms with Crippen LogP contribution in [0.3, 0.4) is 0 Å². The fourth-order valence-electron chi connectivity index (χ4n) is 14.5. The predicted molar refractivity (Wildman–Crippen MR) is 238 cm³/mol. The molecule has 5 aliphatic rings. The maximum Gasteiger partial charge on any atom is 0.251 e. The molecule has 3 aromatic carbocycles. The number of ether oxygens (including phenoxy) is 2. The summed E-state index contributed by atoms with van der Waals surface area (Å²) in [6, 6.07) is 25.2. The fourth-order valence-corrected chi connectivity index (χ4v) is 14.5. The molecule has 5 aliphatic carbocycles. The Morgan fingerprint density at radius 3 is 1.93 bits per heavy atom. The fraction of sp³-hybridized carbons (Fsp3) is 0.585. The van der Waals surface area contributed by atoms with Crippen molar-refractivity contribution in [3.8, 4) is 11.5 Å². The van der Waals surface area contributed by atoms with Gasteiger partial charge in [-0.25, -0.2) is 0 Å². The molecule has 0 unspecified atom stereocenters. The molecule has 0 spiro atoms. The number of fused-ring (bicyclic) bond motifs is 7. The summed E-state index contributed by atoms with van der Waals surface area (Å²) in [5.74, 6) is 3.24. The first-order chi connectivity index (χ1) is 28.6. The van der Waals surface area contributed by atoms with Gasteiger partial charge in [-0.1, -0.05) is 107 Å². The lowest BCUT2D eigenvalue weighted by molar-refractivity contribution is -0.246.